The molecule has 3 rings (SSSR count). The molecule has 0 unspecified atom stereocenters. The van der Waals surface area contributed by atoms with Crippen LogP contribution in [-0.2, 0) is 17.8 Å². The van der Waals surface area contributed by atoms with E-state index < -0.39 is 0 Å². The molecule has 4 nitrogen and oxygen atoms in total. The summed E-state index contributed by atoms with van der Waals surface area (Å²) in [5, 5.41) is 0. The first-order valence-electron chi connectivity index (χ1n) is 8.21. The van der Waals surface area contributed by atoms with Crippen molar-refractivity contribution < 1.29 is 9.59 Å². The number of rotatable bonds is 4. The number of likely N-dealkylation sites (tertiary alicyclic amines) is 1. The summed E-state index contributed by atoms with van der Waals surface area (Å²) in [7, 11) is 1.74. The molecule has 0 spiro atoms. The van der Waals surface area contributed by atoms with Gasteiger partial charge in [-0.05, 0) is 24.5 Å². The molecule has 0 aliphatic carbocycles. The van der Waals surface area contributed by atoms with E-state index in [1.54, 1.807) is 11.9 Å². The third-order valence-corrected chi connectivity index (χ3v) is 4.43. The topological polar surface area (TPSA) is 40.6 Å². The van der Waals surface area contributed by atoms with Gasteiger partial charge in [-0.2, -0.15) is 0 Å². The van der Waals surface area contributed by atoms with Gasteiger partial charge in [0.15, 0.2) is 0 Å². The molecule has 2 aromatic carbocycles. The van der Waals surface area contributed by atoms with Gasteiger partial charge in [-0.1, -0.05) is 60.2 Å². The molecule has 0 saturated carbocycles. The summed E-state index contributed by atoms with van der Waals surface area (Å²) in [6.07, 6.45) is 1.16. The number of benzene rings is 2. The molecule has 1 aliphatic heterocycles. The standard InChI is InChI=1S/C20H22N2O2/c1-15-8-10-17(11-9-15)14-21(2)20(24)22-18(13-19(22)23)12-16-6-4-3-5-7-16/h3-11,18H,12-14H2,1-2H3/t18-/m1/s1. The van der Waals surface area contributed by atoms with E-state index in [-0.39, 0.29) is 18.0 Å². The van der Waals surface area contributed by atoms with Gasteiger partial charge in [0.05, 0.1) is 6.04 Å². The van der Waals surface area contributed by atoms with E-state index >= 15 is 0 Å². The number of amides is 3. The summed E-state index contributed by atoms with van der Waals surface area (Å²) in [6, 6.07) is 17.8. The number of hydrogen-bond donors (Lipinski definition) is 0. The molecule has 1 heterocycles. The Bertz CT molecular complexity index is 725. The lowest BCUT2D eigenvalue weighted by molar-refractivity contribution is -0.141. The van der Waals surface area contributed by atoms with Crippen molar-refractivity contribution in [1.82, 2.24) is 9.80 Å². The van der Waals surface area contributed by atoms with Gasteiger partial charge >= 0.3 is 6.03 Å². The highest BCUT2D eigenvalue weighted by atomic mass is 16.2. The summed E-state index contributed by atoms with van der Waals surface area (Å²) < 4.78 is 0. The molecule has 3 amide bonds. The van der Waals surface area contributed by atoms with Crippen LogP contribution in [0.1, 0.15) is 23.1 Å². The molecule has 1 atom stereocenters. The number of aryl methyl sites for hydroxylation is 1. The Morgan fingerprint density at radius 2 is 1.75 bits per heavy atom. The molecule has 0 radical (unpaired) electrons. The maximum absolute atomic E-state index is 12.6. The van der Waals surface area contributed by atoms with E-state index in [4.69, 9.17) is 0 Å². The van der Waals surface area contributed by atoms with E-state index in [1.165, 1.54) is 10.5 Å². The third-order valence-electron chi connectivity index (χ3n) is 4.43. The maximum atomic E-state index is 12.6. The maximum Gasteiger partial charge on any atom is 0.327 e. The highest BCUT2D eigenvalue weighted by Gasteiger charge is 2.41. The van der Waals surface area contributed by atoms with E-state index in [2.05, 4.69) is 0 Å². The number of hydrogen-bond acceptors (Lipinski definition) is 2. The first-order valence-corrected chi connectivity index (χ1v) is 8.21. The zero-order valence-electron chi connectivity index (χ0n) is 14.1. The third kappa shape index (κ3) is 3.48. The quantitative estimate of drug-likeness (QED) is 0.810. The number of carbonyl (C=O) groups is 2. The zero-order valence-corrected chi connectivity index (χ0v) is 14.1. The molecular weight excluding hydrogens is 300 g/mol. The Kier molecular flexibility index (Phi) is 4.65. The van der Waals surface area contributed by atoms with Crippen molar-refractivity contribution in [2.24, 2.45) is 0 Å². The zero-order chi connectivity index (χ0) is 17.1. The Balaban J connectivity index is 1.64. The lowest BCUT2D eigenvalue weighted by Gasteiger charge is -2.40. The summed E-state index contributed by atoms with van der Waals surface area (Å²) in [5.41, 5.74) is 3.39. The van der Waals surface area contributed by atoms with E-state index in [0.717, 1.165) is 17.5 Å². The minimum Gasteiger partial charge on any atom is -0.323 e. The molecule has 0 aromatic heterocycles. The molecule has 0 bridgehead atoms. The Morgan fingerprint density at radius 3 is 2.38 bits per heavy atom. The summed E-state index contributed by atoms with van der Waals surface area (Å²) in [5.74, 6) is -0.0864. The van der Waals surface area contributed by atoms with Crippen LogP contribution in [0.25, 0.3) is 0 Å². The van der Waals surface area contributed by atoms with Crippen LogP contribution in [0.5, 0.6) is 0 Å². The SMILES string of the molecule is Cc1ccc(CN(C)C(=O)N2C(=O)C[C@H]2Cc2ccccc2)cc1. The van der Waals surface area contributed by atoms with Crippen LogP contribution in [0.4, 0.5) is 4.79 Å². The monoisotopic (exact) mass is 322 g/mol. The molecule has 1 fully saturated rings. The first kappa shape index (κ1) is 16.2. The summed E-state index contributed by atoms with van der Waals surface area (Å²) in [6.45, 7) is 2.53. The lowest BCUT2D eigenvalue weighted by atomic mass is 9.95. The van der Waals surface area contributed by atoms with Crippen LogP contribution in [0.3, 0.4) is 0 Å². The smallest absolute Gasteiger partial charge is 0.323 e. The highest BCUT2D eigenvalue weighted by molar-refractivity contribution is 5.99. The van der Waals surface area contributed by atoms with Crippen molar-refractivity contribution in [2.45, 2.75) is 32.4 Å². The van der Waals surface area contributed by atoms with Crippen molar-refractivity contribution in [3.8, 4) is 0 Å². The second-order valence-electron chi connectivity index (χ2n) is 6.44. The molecule has 4 heteroatoms. The first-order chi connectivity index (χ1) is 11.5. The van der Waals surface area contributed by atoms with Gasteiger partial charge in [-0.25, -0.2) is 4.79 Å². The summed E-state index contributed by atoms with van der Waals surface area (Å²) >= 11 is 0. The van der Waals surface area contributed by atoms with Crippen LogP contribution < -0.4 is 0 Å². The van der Waals surface area contributed by atoms with Gasteiger partial charge in [0, 0.05) is 20.0 Å². The van der Waals surface area contributed by atoms with E-state index in [0.29, 0.717) is 13.0 Å². The number of carbonyl (C=O) groups excluding carboxylic acids is 2. The van der Waals surface area contributed by atoms with Gasteiger partial charge < -0.3 is 4.90 Å². The minimum atomic E-state index is -0.215. The molecule has 1 saturated heterocycles. The number of urea groups is 1. The summed E-state index contributed by atoms with van der Waals surface area (Å²) in [4.78, 5) is 27.6. The normalized spacial score (nSPS) is 16.7. The Hall–Kier alpha value is -2.62. The van der Waals surface area contributed by atoms with Crippen molar-refractivity contribution in [1.29, 1.82) is 0 Å². The highest BCUT2D eigenvalue weighted by Crippen LogP contribution is 2.25. The Labute approximate surface area is 142 Å². The van der Waals surface area contributed by atoms with Crippen LogP contribution in [0, 0.1) is 6.92 Å². The predicted molar refractivity (Wildman–Crippen MR) is 93.4 cm³/mol. The van der Waals surface area contributed by atoms with Gasteiger partial charge in [-0.15, -0.1) is 0 Å². The fourth-order valence-electron chi connectivity index (χ4n) is 3.01. The van der Waals surface area contributed by atoms with Crippen molar-refractivity contribution in [2.75, 3.05) is 7.05 Å². The van der Waals surface area contributed by atoms with Crippen molar-refractivity contribution >= 4 is 11.9 Å². The van der Waals surface area contributed by atoms with Crippen LogP contribution in [0.2, 0.25) is 0 Å². The minimum absolute atomic E-state index is 0.0344. The largest absolute Gasteiger partial charge is 0.327 e. The molecule has 124 valence electrons. The fourth-order valence-corrected chi connectivity index (χ4v) is 3.01. The molecule has 24 heavy (non-hydrogen) atoms. The van der Waals surface area contributed by atoms with E-state index in [1.807, 2.05) is 61.5 Å². The van der Waals surface area contributed by atoms with Crippen LogP contribution in [-0.4, -0.2) is 34.8 Å². The van der Waals surface area contributed by atoms with Crippen LogP contribution >= 0.6 is 0 Å². The fraction of sp³-hybridized carbons (Fsp3) is 0.300. The molecular formula is C20H22N2O2. The van der Waals surface area contributed by atoms with Crippen LogP contribution in [0.15, 0.2) is 54.6 Å². The molecule has 2 aromatic rings. The average Bonchev–Trinajstić information content (AvgIpc) is 2.57. The van der Waals surface area contributed by atoms with Gasteiger partial charge in [0.25, 0.3) is 0 Å². The Morgan fingerprint density at radius 1 is 1.08 bits per heavy atom. The average molecular weight is 322 g/mol. The molecule has 1 aliphatic rings. The van der Waals surface area contributed by atoms with Crippen molar-refractivity contribution in [3.63, 3.8) is 0 Å². The van der Waals surface area contributed by atoms with Gasteiger partial charge in [-0.3, -0.25) is 9.69 Å². The second-order valence-corrected chi connectivity index (χ2v) is 6.44. The number of β-lactam (4-membered cyclic amide) rings is 1. The second kappa shape index (κ2) is 6.87. The van der Waals surface area contributed by atoms with Gasteiger partial charge in [0.1, 0.15) is 0 Å². The number of nitrogens with zero attached hydrogens (tertiary/aromatic N) is 2. The van der Waals surface area contributed by atoms with E-state index in [9.17, 15) is 9.59 Å². The number of imide groups is 1. The van der Waals surface area contributed by atoms with Gasteiger partial charge in [0.2, 0.25) is 5.91 Å². The lowest BCUT2D eigenvalue weighted by Crippen LogP contribution is -2.59. The predicted octanol–water partition coefficient (Wildman–Crippen LogP) is 3.39. The molecule has 0 N–H and O–H groups in total. The van der Waals surface area contributed by atoms with Crippen molar-refractivity contribution in [3.05, 3.63) is 71.3 Å².